The molecule has 1 N–H and O–H groups in total. The number of pyridine rings is 1. The fourth-order valence-electron chi connectivity index (χ4n) is 5.50. The monoisotopic (exact) mass is 624 g/mol. The van der Waals surface area contributed by atoms with Gasteiger partial charge in [0.15, 0.2) is 5.11 Å². The van der Waals surface area contributed by atoms with Crippen molar-refractivity contribution in [1.82, 2.24) is 14.9 Å². The number of ether oxygens (including phenoxy) is 2. The lowest BCUT2D eigenvalue weighted by Crippen LogP contribution is -2.29. The van der Waals surface area contributed by atoms with Crippen molar-refractivity contribution >= 4 is 38.9 Å². The summed E-state index contributed by atoms with van der Waals surface area (Å²) in [6.07, 6.45) is 1.83. The van der Waals surface area contributed by atoms with Gasteiger partial charge in [-0.15, -0.1) is 0 Å². The Bertz CT molecular complexity index is 1690. The first-order valence-corrected chi connectivity index (χ1v) is 14.5. The zero-order valence-electron chi connectivity index (χ0n) is 22.9. The molecule has 1 aliphatic rings. The van der Waals surface area contributed by atoms with Gasteiger partial charge < -0.3 is 24.3 Å². The largest absolute Gasteiger partial charge is 0.497 e. The number of aromatic nitrogens is 2. The van der Waals surface area contributed by atoms with E-state index in [2.05, 4.69) is 74.9 Å². The van der Waals surface area contributed by atoms with Crippen LogP contribution in [-0.4, -0.2) is 21.8 Å². The number of anilines is 1. The molecule has 2 aromatic heterocycles. The Labute approximate surface area is 253 Å². The molecule has 6 nitrogen and oxygen atoms in total. The predicted octanol–water partition coefficient (Wildman–Crippen LogP) is 8.23. The first-order valence-electron chi connectivity index (χ1n) is 13.3. The molecular formula is C33H29BrN4O2S. The zero-order valence-corrected chi connectivity index (χ0v) is 25.3. The number of methoxy groups -OCH3 is 1. The van der Waals surface area contributed by atoms with E-state index in [0.717, 1.165) is 50.2 Å². The summed E-state index contributed by atoms with van der Waals surface area (Å²) < 4.78 is 14.7. The van der Waals surface area contributed by atoms with E-state index in [9.17, 15) is 0 Å². The molecule has 0 radical (unpaired) electrons. The van der Waals surface area contributed by atoms with E-state index in [1.165, 1.54) is 5.56 Å². The van der Waals surface area contributed by atoms with Crippen molar-refractivity contribution in [2.75, 3.05) is 12.0 Å². The topological polar surface area (TPSA) is 51.6 Å². The SMILES string of the molecule is COc1ccc(Oc2ccc(N3C(=S)N[C@H](c4ccccn4)[C@H]3c3cc(C)n(-c4cccc(Br)c4)c3C)cc2)cc1. The maximum absolute atomic E-state index is 6.08. The third kappa shape index (κ3) is 5.33. The van der Waals surface area contributed by atoms with Crippen LogP contribution in [0.2, 0.25) is 0 Å². The lowest BCUT2D eigenvalue weighted by atomic mass is 9.96. The summed E-state index contributed by atoms with van der Waals surface area (Å²) in [7, 11) is 1.65. The van der Waals surface area contributed by atoms with Crippen molar-refractivity contribution in [3.63, 3.8) is 0 Å². The van der Waals surface area contributed by atoms with E-state index in [1.807, 2.05) is 72.9 Å². The van der Waals surface area contributed by atoms with Gasteiger partial charge in [-0.1, -0.05) is 28.1 Å². The number of benzene rings is 3. The molecule has 0 aliphatic carbocycles. The smallest absolute Gasteiger partial charge is 0.174 e. The summed E-state index contributed by atoms with van der Waals surface area (Å²) in [5.41, 5.74) is 6.51. The third-order valence-electron chi connectivity index (χ3n) is 7.36. The molecule has 0 saturated carbocycles. The maximum Gasteiger partial charge on any atom is 0.174 e. The number of hydrogen-bond donors (Lipinski definition) is 1. The van der Waals surface area contributed by atoms with Crippen LogP contribution in [0.1, 0.15) is 34.7 Å². The van der Waals surface area contributed by atoms with Crippen LogP contribution >= 0.6 is 28.1 Å². The second kappa shape index (κ2) is 11.4. The predicted molar refractivity (Wildman–Crippen MR) is 170 cm³/mol. The molecule has 0 amide bonds. The summed E-state index contributed by atoms with van der Waals surface area (Å²) in [5.74, 6) is 2.27. The number of nitrogens with one attached hydrogen (secondary N) is 1. The van der Waals surface area contributed by atoms with Crippen LogP contribution in [0.15, 0.2) is 108 Å². The Hall–Kier alpha value is -4.14. The molecule has 0 unspecified atom stereocenters. The van der Waals surface area contributed by atoms with Crippen molar-refractivity contribution in [1.29, 1.82) is 0 Å². The molecule has 0 bridgehead atoms. The average molecular weight is 626 g/mol. The van der Waals surface area contributed by atoms with Gasteiger partial charge in [-0.3, -0.25) is 4.98 Å². The molecule has 1 saturated heterocycles. The van der Waals surface area contributed by atoms with Crippen LogP contribution in [-0.2, 0) is 0 Å². The fourth-order valence-corrected chi connectivity index (χ4v) is 6.24. The number of nitrogens with zero attached hydrogens (tertiary/aromatic N) is 3. The molecule has 6 rings (SSSR count). The van der Waals surface area contributed by atoms with Crippen LogP contribution < -0.4 is 19.7 Å². The van der Waals surface area contributed by atoms with Gasteiger partial charge in [0, 0.05) is 33.4 Å². The van der Waals surface area contributed by atoms with Crippen LogP contribution in [0.25, 0.3) is 5.69 Å². The molecular weight excluding hydrogens is 596 g/mol. The van der Waals surface area contributed by atoms with E-state index in [1.54, 1.807) is 7.11 Å². The summed E-state index contributed by atoms with van der Waals surface area (Å²) in [4.78, 5) is 6.90. The average Bonchev–Trinajstić information content (AvgIpc) is 3.49. The summed E-state index contributed by atoms with van der Waals surface area (Å²) in [6.45, 7) is 4.31. The lowest BCUT2D eigenvalue weighted by Gasteiger charge is -2.28. The zero-order chi connectivity index (χ0) is 28.5. The van der Waals surface area contributed by atoms with Crippen molar-refractivity contribution in [3.05, 3.63) is 130 Å². The Morgan fingerprint density at radius 3 is 2.20 bits per heavy atom. The van der Waals surface area contributed by atoms with E-state index >= 15 is 0 Å². The molecule has 0 spiro atoms. The third-order valence-corrected chi connectivity index (χ3v) is 8.17. The molecule has 8 heteroatoms. The Balaban J connectivity index is 1.39. The van der Waals surface area contributed by atoms with Crippen molar-refractivity contribution < 1.29 is 9.47 Å². The number of rotatable bonds is 7. The number of halogens is 1. The molecule has 3 aromatic carbocycles. The number of thiocarbonyl (C=S) groups is 1. The molecule has 5 aromatic rings. The van der Waals surface area contributed by atoms with Gasteiger partial charge in [0.1, 0.15) is 17.2 Å². The molecule has 41 heavy (non-hydrogen) atoms. The minimum absolute atomic E-state index is 0.113. The molecule has 1 fully saturated rings. The quantitative estimate of drug-likeness (QED) is 0.184. The highest BCUT2D eigenvalue weighted by Crippen LogP contribution is 2.44. The second-order valence-electron chi connectivity index (χ2n) is 9.91. The highest BCUT2D eigenvalue weighted by atomic mass is 79.9. The van der Waals surface area contributed by atoms with Crippen LogP contribution in [0.3, 0.4) is 0 Å². The highest BCUT2D eigenvalue weighted by molar-refractivity contribution is 9.10. The fraction of sp³-hybridized carbons (Fsp3) is 0.152. The normalized spacial score (nSPS) is 16.5. The second-order valence-corrected chi connectivity index (χ2v) is 11.2. The van der Waals surface area contributed by atoms with Gasteiger partial charge in [-0.05, 0) is 117 Å². The number of hydrogen-bond acceptors (Lipinski definition) is 4. The first-order chi connectivity index (χ1) is 19.9. The molecule has 3 heterocycles. The Morgan fingerprint density at radius 1 is 0.829 bits per heavy atom. The van der Waals surface area contributed by atoms with Crippen molar-refractivity contribution in [3.8, 4) is 22.9 Å². The van der Waals surface area contributed by atoms with E-state index in [0.29, 0.717) is 5.11 Å². The van der Waals surface area contributed by atoms with Crippen LogP contribution in [0.5, 0.6) is 17.2 Å². The molecule has 2 atom stereocenters. The van der Waals surface area contributed by atoms with Gasteiger partial charge in [0.25, 0.3) is 0 Å². The summed E-state index contributed by atoms with van der Waals surface area (Å²) in [6, 6.07) is 32.0. The maximum atomic E-state index is 6.08. The van der Waals surface area contributed by atoms with Crippen molar-refractivity contribution in [2.45, 2.75) is 25.9 Å². The van der Waals surface area contributed by atoms with Crippen molar-refractivity contribution in [2.24, 2.45) is 0 Å². The summed E-state index contributed by atoms with van der Waals surface area (Å²) in [5, 5.41) is 4.23. The lowest BCUT2D eigenvalue weighted by molar-refractivity contribution is 0.413. The first kappa shape index (κ1) is 27.1. The Morgan fingerprint density at radius 2 is 1.54 bits per heavy atom. The highest BCUT2D eigenvalue weighted by Gasteiger charge is 2.42. The molecule has 1 aliphatic heterocycles. The standard InChI is InChI=1S/C33H29BrN4O2S/c1-21-19-29(22(2)37(21)25-8-6-7-23(34)20-25)32-31(30-9-4-5-18-35-30)36-33(41)38(32)24-10-12-27(13-11-24)40-28-16-14-26(39-3)15-17-28/h4-20,31-32H,1-3H3,(H,36,41)/t31-,32-/m1/s1. The van der Waals surface area contributed by atoms with Gasteiger partial charge >= 0.3 is 0 Å². The summed E-state index contributed by atoms with van der Waals surface area (Å²) >= 11 is 9.59. The van der Waals surface area contributed by atoms with Gasteiger partial charge in [0.2, 0.25) is 0 Å². The van der Waals surface area contributed by atoms with Gasteiger partial charge in [0.05, 0.1) is 24.9 Å². The minimum Gasteiger partial charge on any atom is -0.497 e. The van der Waals surface area contributed by atoms with E-state index in [-0.39, 0.29) is 12.1 Å². The van der Waals surface area contributed by atoms with Gasteiger partial charge in [-0.2, -0.15) is 0 Å². The van der Waals surface area contributed by atoms with E-state index in [4.69, 9.17) is 26.7 Å². The Kier molecular flexibility index (Phi) is 7.51. The molecule has 206 valence electrons. The number of aryl methyl sites for hydroxylation is 1. The minimum atomic E-state index is -0.129. The van der Waals surface area contributed by atoms with Crippen LogP contribution in [0.4, 0.5) is 5.69 Å². The van der Waals surface area contributed by atoms with E-state index < -0.39 is 0 Å². The van der Waals surface area contributed by atoms with Gasteiger partial charge in [-0.25, -0.2) is 0 Å². The van der Waals surface area contributed by atoms with Crippen LogP contribution in [0, 0.1) is 13.8 Å².